The van der Waals surface area contributed by atoms with E-state index < -0.39 is 0 Å². The zero-order valence-corrected chi connectivity index (χ0v) is 13.9. The Bertz CT molecular complexity index is 607. The van der Waals surface area contributed by atoms with Crippen LogP contribution in [0.25, 0.3) is 0 Å². The van der Waals surface area contributed by atoms with E-state index in [1.165, 1.54) is 0 Å². The molecular formula is C14H18IN5. The molecule has 0 atom stereocenters. The molecule has 1 aromatic carbocycles. The number of para-hydroxylation sites is 1. The molecule has 2 rings (SSSR count). The number of aromatic nitrogens is 2. The summed E-state index contributed by atoms with van der Waals surface area (Å²) in [4.78, 5) is 8.97. The third kappa shape index (κ3) is 3.57. The minimum absolute atomic E-state index is 0.146. The maximum atomic E-state index is 5.48. The smallest absolute Gasteiger partial charge is 0.145 e. The van der Waals surface area contributed by atoms with Crippen LogP contribution >= 0.6 is 22.6 Å². The fourth-order valence-corrected chi connectivity index (χ4v) is 2.14. The van der Waals surface area contributed by atoms with Gasteiger partial charge in [0.15, 0.2) is 0 Å². The van der Waals surface area contributed by atoms with Crippen LogP contribution in [-0.4, -0.2) is 9.97 Å². The van der Waals surface area contributed by atoms with E-state index in [1.807, 2.05) is 24.3 Å². The zero-order valence-electron chi connectivity index (χ0n) is 11.7. The van der Waals surface area contributed by atoms with Crippen molar-refractivity contribution in [2.45, 2.75) is 26.2 Å². The maximum Gasteiger partial charge on any atom is 0.145 e. The molecule has 0 saturated heterocycles. The third-order valence-corrected chi connectivity index (χ3v) is 3.62. The molecule has 0 amide bonds. The van der Waals surface area contributed by atoms with Crippen molar-refractivity contribution in [3.05, 3.63) is 39.7 Å². The molecule has 0 aliphatic rings. The van der Waals surface area contributed by atoms with Gasteiger partial charge >= 0.3 is 0 Å². The summed E-state index contributed by atoms with van der Waals surface area (Å²) in [5, 5.41) is 3.31. The second-order valence-corrected chi connectivity index (χ2v) is 6.62. The average Bonchev–Trinajstić information content (AvgIpc) is 2.40. The van der Waals surface area contributed by atoms with Crippen molar-refractivity contribution in [1.29, 1.82) is 0 Å². The summed E-state index contributed by atoms with van der Waals surface area (Å²) in [6, 6.07) is 9.82. The molecule has 2 aromatic rings. The van der Waals surface area contributed by atoms with Crippen LogP contribution in [0.1, 0.15) is 26.6 Å². The Kier molecular flexibility index (Phi) is 4.44. The second kappa shape index (κ2) is 5.92. The lowest BCUT2D eigenvalue weighted by atomic mass is 9.96. The van der Waals surface area contributed by atoms with Gasteiger partial charge in [0.25, 0.3) is 0 Å². The molecular weight excluding hydrogens is 365 g/mol. The third-order valence-electron chi connectivity index (χ3n) is 2.68. The van der Waals surface area contributed by atoms with E-state index in [4.69, 9.17) is 5.84 Å². The molecule has 6 heteroatoms. The van der Waals surface area contributed by atoms with E-state index in [0.717, 1.165) is 20.9 Å². The van der Waals surface area contributed by atoms with E-state index in [0.29, 0.717) is 5.82 Å². The van der Waals surface area contributed by atoms with Crippen molar-refractivity contribution in [3.63, 3.8) is 0 Å². The highest BCUT2D eigenvalue weighted by Gasteiger charge is 2.19. The lowest BCUT2D eigenvalue weighted by Gasteiger charge is -2.19. The maximum absolute atomic E-state index is 5.48. The van der Waals surface area contributed by atoms with Crippen LogP contribution in [-0.2, 0) is 5.41 Å². The SMILES string of the molecule is CC(C)(C)c1nc(NN)cc(Nc2ccccc2I)n1. The topological polar surface area (TPSA) is 75.9 Å². The molecule has 1 heterocycles. The summed E-state index contributed by atoms with van der Waals surface area (Å²) in [5.74, 6) is 7.54. The van der Waals surface area contributed by atoms with Gasteiger partial charge in [-0.05, 0) is 34.7 Å². The van der Waals surface area contributed by atoms with Gasteiger partial charge in [-0.2, -0.15) is 0 Å². The van der Waals surface area contributed by atoms with Crippen LogP contribution in [0.2, 0.25) is 0 Å². The Morgan fingerprint density at radius 1 is 1.10 bits per heavy atom. The van der Waals surface area contributed by atoms with Crippen LogP contribution < -0.4 is 16.6 Å². The number of hydrazine groups is 1. The second-order valence-electron chi connectivity index (χ2n) is 5.46. The Morgan fingerprint density at radius 2 is 1.75 bits per heavy atom. The number of nitrogens with one attached hydrogen (secondary N) is 2. The monoisotopic (exact) mass is 383 g/mol. The van der Waals surface area contributed by atoms with E-state index in [-0.39, 0.29) is 5.41 Å². The van der Waals surface area contributed by atoms with E-state index in [2.05, 4.69) is 64.1 Å². The van der Waals surface area contributed by atoms with Crippen molar-refractivity contribution in [2.24, 2.45) is 5.84 Å². The highest BCUT2D eigenvalue weighted by atomic mass is 127. The Hall–Kier alpha value is -1.41. The van der Waals surface area contributed by atoms with Crippen molar-refractivity contribution < 1.29 is 0 Å². The van der Waals surface area contributed by atoms with Gasteiger partial charge in [0.1, 0.15) is 17.5 Å². The summed E-state index contributed by atoms with van der Waals surface area (Å²) in [6.07, 6.45) is 0. The van der Waals surface area contributed by atoms with Crippen LogP contribution in [0.4, 0.5) is 17.3 Å². The van der Waals surface area contributed by atoms with Gasteiger partial charge < -0.3 is 10.7 Å². The van der Waals surface area contributed by atoms with Crippen LogP contribution in [0.5, 0.6) is 0 Å². The fraction of sp³-hybridized carbons (Fsp3) is 0.286. The largest absolute Gasteiger partial charge is 0.339 e. The molecule has 0 spiro atoms. The normalized spacial score (nSPS) is 11.2. The zero-order chi connectivity index (χ0) is 14.8. The number of anilines is 3. The minimum Gasteiger partial charge on any atom is -0.339 e. The van der Waals surface area contributed by atoms with E-state index >= 15 is 0 Å². The molecule has 0 radical (unpaired) electrons. The molecule has 0 bridgehead atoms. The van der Waals surface area contributed by atoms with E-state index in [1.54, 1.807) is 6.07 Å². The Balaban J connectivity index is 2.39. The minimum atomic E-state index is -0.146. The van der Waals surface area contributed by atoms with Crippen LogP contribution in [0, 0.1) is 3.57 Å². The first-order valence-corrected chi connectivity index (χ1v) is 7.36. The van der Waals surface area contributed by atoms with Gasteiger partial charge in [0.05, 0.1) is 5.69 Å². The number of rotatable bonds is 3. The number of nitrogens with two attached hydrogens (primary N) is 1. The predicted molar refractivity (Wildman–Crippen MR) is 91.0 cm³/mol. The fourth-order valence-electron chi connectivity index (χ4n) is 1.62. The van der Waals surface area contributed by atoms with Gasteiger partial charge in [-0.25, -0.2) is 15.8 Å². The van der Waals surface area contributed by atoms with Crippen molar-refractivity contribution in [1.82, 2.24) is 9.97 Å². The van der Waals surface area contributed by atoms with Gasteiger partial charge in [0, 0.05) is 15.1 Å². The van der Waals surface area contributed by atoms with Crippen LogP contribution in [0.15, 0.2) is 30.3 Å². The molecule has 0 saturated carbocycles. The first-order valence-electron chi connectivity index (χ1n) is 6.28. The molecule has 4 N–H and O–H groups in total. The standard InChI is InChI=1S/C14H18IN5/c1-14(2,3)13-18-11(8-12(19-13)20-16)17-10-7-5-4-6-9(10)15/h4-8H,16H2,1-3H3,(H2,17,18,19,20). The van der Waals surface area contributed by atoms with Gasteiger partial charge in [0.2, 0.25) is 0 Å². The Morgan fingerprint density at radius 3 is 2.35 bits per heavy atom. The number of nitrogen functional groups attached to an aromatic ring is 1. The molecule has 5 nitrogen and oxygen atoms in total. The van der Waals surface area contributed by atoms with Gasteiger partial charge in [-0.1, -0.05) is 32.9 Å². The first kappa shape index (κ1) is 15.0. The number of benzene rings is 1. The molecule has 20 heavy (non-hydrogen) atoms. The summed E-state index contributed by atoms with van der Waals surface area (Å²) in [6.45, 7) is 6.20. The summed E-state index contributed by atoms with van der Waals surface area (Å²) < 4.78 is 1.13. The summed E-state index contributed by atoms with van der Waals surface area (Å²) >= 11 is 2.28. The molecule has 0 aliphatic carbocycles. The number of nitrogens with zero attached hydrogens (tertiary/aromatic N) is 2. The van der Waals surface area contributed by atoms with Gasteiger partial charge in [-0.15, -0.1) is 0 Å². The first-order chi connectivity index (χ1) is 9.40. The van der Waals surface area contributed by atoms with Crippen molar-refractivity contribution in [2.75, 3.05) is 10.7 Å². The summed E-state index contributed by atoms with van der Waals surface area (Å²) in [7, 11) is 0. The highest BCUT2D eigenvalue weighted by Crippen LogP contribution is 2.25. The van der Waals surface area contributed by atoms with Gasteiger partial charge in [-0.3, -0.25) is 0 Å². The average molecular weight is 383 g/mol. The highest BCUT2D eigenvalue weighted by molar-refractivity contribution is 14.1. The molecule has 0 aliphatic heterocycles. The molecule has 106 valence electrons. The predicted octanol–water partition coefficient (Wildman–Crippen LogP) is 3.41. The summed E-state index contributed by atoms with van der Waals surface area (Å²) in [5.41, 5.74) is 3.45. The molecule has 1 aromatic heterocycles. The van der Waals surface area contributed by atoms with Crippen molar-refractivity contribution >= 4 is 39.9 Å². The van der Waals surface area contributed by atoms with Crippen molar-refractivity contribution in [3.8, 4) is 0 Å². The van der Waals surface area contributed by atoms with E-state index in [9.17, 15) is 0 Å². The number of halogens is 1. The lowest BCUT2D eigenvalue weighted by Crippen LogP contribution is -2.19. The Labute approximate surface area is 132 Å². The molecule has 0 fully saturated rings. The molecule has 0 unspecified atom stereocenters. The van der Waals surface area contributed by atoms with Crippen LogP contribution in [0.3, 0.4) is 0 Å². The number of hydrogen-bond acceptors (Lipinski definition) is 5. The lowest BCUT2D eigenvalue weighted by molar-refractivity contribution is 0.547. The number of hydrogen-bond donors (Lipinski definition) is 3. The quantitative estimate of drug-likeness (QED) is 0.430.